The van der Waals surface area contributed by atoms with Gasteiger partial charge in [0.2, 0.25) is 0 Å². The third-order valence-electron chi connectivity index (χ3n) is 2.02. The SMILES string of the molecule is CN1C(=S)CCOc2cccnc21. The molecule has 0 atom stereocenters. The molecular formula is C9H10N2OS. The lowest BCUT2D eigenvalue weighted by Crippen LogP contribution is -2.24. The molecule has 1 aliphatic heterocycles. The standard InChI is InChI=1S/C9H10N2OS/c1-11-8(13)4-6-12-7-3-2-5-10-9(7)11/h2-3,5H,4,6H2,1H3. The number of aromatic nitrogens is 1. The fourth-order valence-corrected chi connectivity index (χ4v) is 1.45. The molecule has 0 N–H and O–H groups in total. The maximum absolute atomic E-state index is 5.50. The van der Waals surface area contributed by atoms with Gasteiger partial charge < -0.3 is 9.64 Å². The van der Waals surface area contributed by atoms with Gasteiger partial charge in [0.05, 0.1) is 11.6 Å². The summed E-state index contributed by atoms with van der Waals surface area (Å²) in [5.74, 6) is 1.62. The lowest BCUT2D eigenvalue weighted by atomic mass is 10.4. The molecule has 0 aliphatic carbocycles. The molecule has 13 heavy (non-hydrogen) atoms. The minimum absolute atomic E-state index is 0.641. The van der Waals surface area contributed by atoms with E-state index in [1.54, 1.807) is 6.20 Å². The fraction of sp³-hybridized carbons (Fsp3) is 0.333. The maximum Gasteiger partial charge on any atom is 0.175 e. The van der Waals surface area contributed by atoms with Crippen molar-refractivity contribution in [3.05, 3.63) is 18.3 Å². The highest BCUT2D eigenvalue weighted by molar-refractivity contribution is 7.80. The number of pyridine rings is 1. The minimum Gasteiger partial charge on any atom is -0.489 e. The van der Waals surface area contributed by atoms with Gasteiger partial charge in [0, 0.05) is 19.7 Å². The van der Waals surface area contributed by atoms with E-state index < -0.39 is 0 Å². The summed E-state index contributed by atoms with van der Waals surface area (Å²) in [4.78, 5) is 7.00. The molecule has 68 valence electrons. The fourth-order valence-electron chi connectivity index (χ4n) is 1.28. The molecule has 0 saturated carbocycles. The third-order valence-corrected chi connectivity index (χ3v) is 2.49. The largest absolute Gasteiger partial charge is 0.489 e. The second-order valence-corrected chi connectivity index (χ2v) is 3.35. The van der Waals surface area contributed by atoms with Crippen LogP contribution in [0.1, 0.15) is 6.42 Å². The van der Waals surface area contributed by atoms with Crippen LogP contribution in [0, 0.1) is 0 Å². The predicted octanol–water partition coefficient (Wildman–Crippen LogP) is 1.63. The van der Waals surface area contributed by atoms with Crippen molar-refractivity contribution >= 4 is 23.0 Å². The van der Waals surface area contributed by atoms with E-state index in [1.807, 2.05) is 24.1 Å². The van der Waals surface area contributed by atoms with Crippen LogP contribution >= 0.6 is 12.2 Å². The lowest BCUT2D eigenvalue weighted by Gasteiger charge is -2.16. The molecule has 0 saturated heterocycles. The van der Waals surface area contributed by atoms with E-state index in [1.165, 1.54) is 0 Å². The van der Waals surface area contributed by atoms with E-state index in [2.05, 4.69) is 4.98 Å². The Hall–Kier alpha value is -1.16. The second-order valence-electron chi connectivity index (χ2n) is 2.88. The van der Waals surface area contributed by atoms with Gasteiger partial charge in [0.25, 0.3) is 0 Å². The Bertz CT molecular complexity index is 340. The molecule has 4 heteroatoms. The highest BCUT2D eigenvalue weighted by Gasteiger charge is 2.17. The Kier molecular flexibility index (Phi) is 2.14. The summed E-state index contributed by atoms with van der Waals surface area (Å²) in [7, 11) is 1.92. The summed E-state index contributed by atoms with van der Waals surface area (Å²) in [6, 6.07) is 3.77. The van der Waals surface area contributed by atoms with Gasteiger partial charge in [-0.25, -0.2) is 4.98 Å². The molecule has 0 amide bonds. The quantitative estimate of drug-likeness (QED) is 0.586. The van der Waals surface area contributed by atoms with Crippen LogP contribution in [0.3, 0.4) is 0 Å². The highest BCUT2D eigenvalue weighted by atomic mass is 32.1. The van der Waals surface area contributed by atoms with Gasteiger partial charge >= 0.3 is 0 Å². The first-order chi connectivity index (χ1) is 6.29. The van der Waals surface area contributed by atoms with Gasteiger partial charge in [0.15, 0.2) is 11.6 Å². The van der Waals surface area contributed by atoms with Crippen LogP contribution in [-0.4, -0.2) is 23.6 Å². The summed E-state index contributed by atoms with van der Waals surface area (Å²) < 4.78 is 5.50. The molecule has 1 aromatic heterocycles. The van der Waals surface area contributed by atoms with E-state index in [0.29, 0.717) is 6.61 Å². The summed E-state index contributed by atoms with van der Waals surface area (Å²) in [5, 5.41) is 0. The van der Waals surface area contributed by atoms with Crippen LogP contribution in [0.25, 0.3) is 0 Å². The van der Waals surface area contributed by atoms with Crippen LogP contribution < -0.4 is 9.64 Å². The summed E-state index contributed by atoms with van der Waals surface area (Å²) in [6.45, 7) is 0.641. The van der Waals surface area contributed by atoms with E-state index in [9.17, 15) is 0 Å². The van der Waals surface area contributed by atoms with Gasteiger partial charge in [-0.05, 0) is 12.1 Å². The number of ether oxygens (including phenoxy) is 1. The average Bonchev–Trinajstić information content (AvgIpc) is 2.29. The van der Waals surface area contributed by atoms with Crippen LogP contribution in [0.2, 0.25) is 0 Å². The summed E-state index contributed by atoms with van der Waals surface area (Å²) in [6.07, 6.45) is 2.52. The normalized spacial score (nSPS) is 16.1. The maximum atomic E-state index is 5.50. The number of nitrogens with zero attached hydrogens (tertiary/aromatic N) is 2. The Morgan fingerprint density at radius 2 is 2.46 bits per heavy atom. The predicted molar refractivity (Wildman–Crippen MR) is 55.4 cm³/mol. The summed E-state index contributed by atoms with van der Waals surface area (Å²) >= 11 is 5.20. The molecule has 0 radical (unpaired) electrons. The number of fused-ring (bicyclic) bond motifs is 1. The van der Waals surface area contributed by atoms with Crippen molar-refractivity contribution in [3.8, 4) is 5.75 Å². The van der Waals surface area contributed by atoms with Crippen molar-refractivity contribution in [3.63, 3.8) is 0 Å². The Morgan fingerprint density at radius 3 is 3.31 bits per heavy atom. The zero-order chi connectivity index (χ0) is 9.26. The molecule has 2 heterocycles. The first kappa shape index (κ1) is 8.44. The Balaban J connectivity index is 2.46. The molecule has 0 bridgehead atoms. The first-order valence-corrected chi connectivity index (χ1v) is 4.54. The van der Waals surface area contributed by atoms with Crippen molar-refractivity contribution in [2.24, 2.45) is 0 Å². The number of anilines is 1. The van der Waals surface area contributed by atoms with Gasteiger partial charge in [-0.15, -0.1) is 0 Å². The van der Waals surface area contributed by atoms with Gasteiger partial charge in [-0.1, -0.05) is 12.2 Å². The highest BCUT2D eigenvalue weighted by Crippen LogP contribution is 2.27. The van der Waals surface area contributed by atoms with Crippen molar-refractivity contribution in [1.29, 1.82) is 0 Å². The summed E-state index contributed by atoms with van der Waals surface area (Å²) in [5.41, 5.74) is 0. The molecule has 0 unspecified atom stereocenters. The monoisotopic (exact) mass is 194 g/mol. The number of hydrogen-bond donors (Lipinski definition) is 0. The first-order valence-electron chi connectivity index (χ1n) is 4.13. The van der Waals surface area contributed by atoms with Crippen LogP contribution in [-0.2, 0) is 0 Å². The van der Waals surface area contributed by atoms with E-state index >= 15 is 0 Å². The topological polar surface area (TPSA) is 25.4 Å². The molecule has 1 aromatic rings. The zero-order valence-corrected chi connectivity index (χ0v) is 8.17. The molecule has 1 aliphatic rings. The molecule has 0 spiro atoms. The molecule has 0 aromatic carbocycles. The lowest BCUT2D eigenvalue weighted by molar-refractivity contribution is 0.333. The van der Waals surface area contributed by atoms with Crippen molar-refractivity contribution < 1.29 is 4.74 Å². The van der Waals surface area contributed by atoms with Crippen molar-refractivity contribution in [2.75, 3.05) is 18.6 Å². The van der Waals surface area contributed by atoms with E-state index in [4.69, 9.17) is 17.0 Å². The van der Waals surface area contributed by atoms with Crippen LogP contribution in [0.15, 0.2) is 18.3 Å². The third kappa shape index (κ3) is 1.49. The number of hydrogen-bond acceptors (Lipinski definition) is 3. The van der Waals surface area contributed by atoms with Gasteiger partial charge in [-0.2, -0.15) is 0 Å². The zero-order valence-electron chi connectivity index (χ0n) is 7.36. The smallest absolute Gasteiger partial charge is 0.175 e. The van der Waals surface area contributed by atoms with Gasteiger partial charge in [0.1, 0.15) is 0 Å². The van der Waals surface area contributed by atoms with E-state index in [-0.39, 0.29) is 0 Å². The van der Waals surface area contributed by atoms with E-state index in [0.717, 1.165) is 23.0 Å². The number of rotatable bonds is 0. The molecule has 0 fully saturated rings. The van der Waals surface area contributed by atoms with Crippen LogP contribution in [0.4, 0.5) is 5.82 Å². The molecular weight excluding hydrogens is 184 g/mol. The number of thiocarbonyl (C=S) groups is 1. The molecule has 2 rings (SSSR count). The average molecular weight is 194 g/mol. The second kappa shape index (κ2) is 3.30. The van der Waals surface area contributed by atoms with Crippen LogP contribution in [0.5, 0.6) is 5.75 Å². The minimum atomic E-state index is 0.641. The van der Waals surface area contributed by atoms with Crippen molar-refractivity contribution in [2.45, 2.75) is 6.42 Å². The van der Waals surface area contributed by atoms with Gasteiger partial charge in [-0.3, -0.25) is 0 Å². The van der Waals surface area contributed by atoms with Crippen molar-refractivity contribution in [1.82, 2.24) is 4.98 Å². The Morgan fingerprint density at radius 1 is 1.62 bits per heavy atom. The Labute approximate surface area is 82.3 Å². The molecule has 3 nitrogen and oxygen atoms in total.